The van der Waals surface area contributed by atoms with E-state index in [-0.39, 0.29) is 0 Å². The van der Waals surface area contributed by atoms with Gasteiger partial charge in [-0.05, 0) is 38.9 Å². The highest BCUT2D eigenvalue weighted by atomic mass is 16.5. The molecule has 2 aliphatic rings. The molecule has 1 N–H and O–H groups in total. The van der Waals surface area contributed by atoms with Crippen molar-refractivity contribution in [3.63, 3.8) is 0 Å². The van der Waals surface area contributed by atoms with E-state index in [1.165, 1.54) is 58.5 Å². The van der Waals surface area contributed by atoms with Crippen molar-refractivity contribution in [2.24, 2.45) is 0 Å². The lowest BCUT2D eigenvalue weighted by atomic mass is 10.1. The maximum Gasteiger partial charge on any atom is 0.0698 e. The van der Waals surface area contributed by atoms with Crippen LogP contribution in [0.25, 0.3) is 0 Å². The van der Waals surface area contributed by atoms with Gasteiger partial charge >= 0.3 is 0 Å². The first kappa shape index (κ1) is 13.3. The van der Waals surface area contributed by atoms with Crippen LogP contribution in [0.5, 0.6) is 0 Å². The Balaban J connectivity index is 1.66. The fraction of sp³-hybridized carbons (Fsp3) is 1.00. The molecule has 0 aromatic rings. The summed E-state index contributed by atoms with van der Waals surface area (Å²) in [6.45, 7) is 9.62. The second kappa shape index (κ2) is 7.31. The molecule has 0 bridgehead atoms. The summed E-state index contributed by atoms with van der Waals surface area (Å²) < 4.78 is 5.47. The highest BCUT2D eigenvalue weighted by Gasteiger charge is 2.19. The van der Waals surface area contributed by atoms with Gasteiger partial charge in [0, 0.05) is 39.8 Å². The Morgan fingerprint density at radius 2 is 1.88 bits per heavy atom. The van der Waals surface area contributed by atoms with Crippen LogP contribution >= 0.6 is 0 Å². The summed E-state index contributed by atoms with van der Waals surface area (Å²) in [5.41, 5.74) is 0. The predicted molar refractivity (Wildman–Crippen MR) is 70.4 cm³/mol. The Hall–Kier alpha value is -0.160. The minimum absolute atomic E-state index is 0.467. The Morgan fingerprint density at radius 3 is 2.76 bits per heavy atom. The second-order valence-electron chi connectivity index (χ2n) is 5.25. The van der Waals surface area contributed by atoms with Crippen LogP contribution in [0.3, 0.4) is 0 Å². The summed E-state index contributed by atoms with van der Waals surface area (Å²) >= 11 is 0. The van der Waals surface area contributed by atoms with Crippen molar-refractivity contribution in [2.75, 3.05) is 59.5 Å². The van der Waals surface area contributed by atoms with E-state index < -0.39 is 0 Å². The normalized spacial score (nSPS) is 29.1. The van der Waals surface area contributed by atoms with Gasteiger partial charge in [-0.3, -0.25) is 4.90 Å². The van der Waals surface area contributed by atoms with Crippen LogP contribution < -0.4 is 5.32 Å². The topological polar surface area (TPSA) is 27.7 Å². The van der Waals surface area contributed by atoms with Crippen LogP contribution in [0.4, 0.5) is 0 Å². The molecule has 100 valence electrons. The quantitative estimate of drug-likeness (QED) is 0.771. The Kier molecular flexibility index (Phi) is 5.71. The third-order valence-electron chi connectivity index (χ3n) is 3.96. The number of nitrogens with one attached hydrogen (secondary N) is 1. The zero-order chi connectivity index (χ0) is 11.9. The van der Waals surface area contributed by atoms with Gasteiger partial charge in [-0.25, -0.2) is 0 Å². The van der Waals surface area contributed by atoms with E-state index in [4.69, 9.17) is 4.74 Å². The molecule has 2 aliphatic heterocycles. The largest absolute Gasteiger partial charge is 0.380 e. The van der Waals surface area contributed by atoms with Crippen LogP contribution in [0, 0.1) is 0 Å². The molecule has 0 aromatic carbocycles. The third kappa shape index (κ3) is 4.54. The standard InChI is InChI=1S/C13H27N3O/c1-17-13-4-2-7-16(12-13)11-10-15-8-3-5-14-6-9-15/h13-14H,2-12H2,1H3. The summed E-state index contributed by atoms with van der Waals surface area (Å²) in [5.74, 6) is 0. The molecule has 4 heteroatoms. The monoisotopic (exact) mass is 241 g/mol. The lowest BCUT2D eigenvalue weighted by Crippen LogP contribution is -2.43. The molecule has 0 saturated carbocycles. The van der Waals surface area contributed by atoms with E-state index in [0.717, 1.165) is 13.1 Å². The fourth-order valence-electron chi connectivity index (χ4n) is 2.82. The molecule has 0 amide bonds. The van der Waals surface area contributed by atoms with Crippen molar-refractivity contribution in [2.45, 2.75) is 25.4 Å². The van der Waals surface area contributed by atoms with Crippen LogP contribution in [0.1, 0.15) is 19.3 Å². The number of piperidine rings is 1. The van der Waals surface area contributed by atoms with Gasteiger partial charge in [0.15, 0.2) is 0 Å². The van der Waals surface area contributed by atoms with Gasteiger partial charge in [0.2, 0.25) is 0 Å². The highest BCUT2D eigenvalue weighted by Crippen LogP contribution is 2.12. The summed E-state index contributed by atoms with van der Waals surface area (Å²) in [5, 5.41) is 3.46. The number of methoxy groups -OCH3 is 1. The van der Waals surface area contributed by atoms with Crippen molar-refractivity contribution < 1.29 is 4.74 Å². The van der Waals surface area contributed by atoms with E-state index in [9.17, 15) is 0 Å². The SMILES string of the molecule is COC1CCCN(CCN2CCCNCC2)C1. The molecule has 2 saturated heterocycles. The highest BCUT2D eigenvalue weighted by molar-refractivity contribution is 4.75. The second-order valence-corrected chi connectivity index (χ2v) is 5.25. The van der Waals surface area contributed by atoms with Crippen LogP contribution in [0.2, 0.25) is 0 Å². The summed E-state index contributed by atoms with van der Waals surface area (Å²) in [6.07, 6.45) is 4.29. The predicted octanol–water partition coefficient (Wildman–Crippen LogP) is 0.393. The summed E-state index contributed by atoms with van der Waals surface area (Å²) in [4.78, 5) is 5.16. The van der Waals surface area contributed by atoms with Crippen LogP contribution in [-0.2, 0) is 4.74 Å². The lowest BCUT2D eigenvalue weighted by Gasteiger charge is -2.33. The molecule has 0 aliphatic carbocycles. The summed E-state index contributed by atoms with van der Waals surface area (Å²) in [6, 6.07) is 0. The Labute approximate surface area is 105 Å². The van der Waals surface area contributed by atoms with Crippen molar-refractivity contribution in [3.8, 4) is 0 Å². The molecule has 1 atom stereocenters. The average Bonchev–Trinajstić information content (AvgIpc) is 2.65. The molecule has 2 heterocycles. The van der Waals surface area contributed by atoms with Crippen molar-refractivity contribution in [1.82, 2.24) is 15.1 Å². The Morgan fingerprint density at radius 1 is 1.06 bits per heavy atom. The third-order valence-corrected chi connectivity index (χ3v) is 3.96. The molecule has 0 aromatic heterocycles. The smallest absolute Gasteiger partial charge is 0.0698 e. The fourth-order valence-corrected chi connectivity index (χ4v) is 2.82. The Bertz CT molecular complexity index is 205. The zero-order valence-electron chi connectivity index (χ0n) is 11.2. The number of hydrogen-bond acceptors (Lipinski definition) is 4. The van der Waals surface area contributed by atoms with Gasteiger partial charge < -0.3 is 15.0 Å². The molecule has 4 nitrogen and oxygen atoms in total. The van der Waals surface area contributed by atoms with Gasteiger partial charge in [-0.15, -0.1) is 0 Å². The van der Waals surface area contributed by atoms with Gasteiger partial charge in [-0.1, -0.05) is 0 Å². The first-order chi connectivity index (χ1) is 8.38. The maximum atomic E-state index is 5.47. The average molecular weight is 241 g/mol. The van der Waals surface area contributed by atoms with Crippen LogP contribution in [-0.4, -0.2) is 75.4 Å². The molecule has 0 spiro atoms. The number of rotatable bonds is 4. The first-order valence-electron chi connectivity index (χ1n) is 7.06. The number of nitrogens with zero attached hydrogens (tertiary/aromatic N) is 2. The van der Waals surface area contributed by atoms with E-state index in [1.54, 1.807) is 0 Å². The maximum absolute atomic E-state index is 5.47. The lowest BCUT2D eigenvalue weighted by molar-refractivity contribution is 0.0283. The minimum Gasteiger partial charge on any atom is -0.380 e. The number of ether oxygens (including phenoxy) is 1. The van der Waals surface area contributed by atoms with Crippen molar-refractivity contribution in [1.29, 1.82) is 0 Å². The van der Waals surface area contributed by atoms with E-state index >= 15 is 0 Å². The first-order valence-corrected chi connectivity index (χ1v) is 7.06. The van der Waals surface area contributed by atoms with Gasteiger partial charge in [0.25, 0.3) is 0 Å². The van der Waals surface area contributed by atoms with Crippen LogP contribution in [0.15, 0.2) is 0 Å². The molecular weight excluding hydrogens is 214 g/mol. The molecule has 0 radical (unpaired) electrons. The van der Waals surface area contributed by atoms with E-state index in [0.29, 0.717) is 6.10 Å². The van der Waals surface area contributed by atoms with Gasteiger partial charge in [0.05, 0.1) is 6.10 Å². The zero-order valence-corrected chi connectivity index (χ0v) is 11.2. The molecule has 1 unspecified atom stereocenters. The molecule has 2 rings (SSSR count). The van der Waals surface area contributed by atoms with Gasteiger partial charge in [-0.2, -0.15) is 0 Å². The van der Waals surface area contributed by atoms with E-state index in [1.807, 2.05) is 7.11 Å². The molecule has 2 fully saturated rings. The molecule has 17 heavy (non-hydrogen) atoms. The minimum atomic E-state index is 0.467. The van der Waals surface area contributed by atoms with Gasteiger partial charge in [0.1, 0.15) is 0 Å². The number of hydrogen-bond donors (Lipinski definition) is 1. The molecular formula is C13H27N3O. The number of likely N-dealkylation sites (tertiary alicyclic amines) is 1. The summed E-state index contributed by atoms with van der Waals surface area (Å²) in [7, 11) is 1.84. The van der Waals surface area contributed by atoms with Crippen molar-refractivity contribution in [3.05, 3.63) is 0 Å². The van der Waals surface area contributed by atoms with Crippen molar-refractivity contribution >= 4 is 0 Å². The van der Waals surface area contributed by atoms with E-state index in [2.05, 4.69) is 15.1 Å².